The van der Waals surface area contributed by atoms with Gasteiger partial charge in [0.25, 0.3) is 5.91 Å². The summed E-state index contributed by atoms with van der Waals surface area (Å²) < 4.78 is 7.43. The number of likely N-dealkylation sites (N-methyl/N-ethyl adjacent to an activating group) is 1. The zero-order chi connectivity index (χ0) is 22.2. The number of nitrogens with zero attached hydrogens (tertiary/aromatic N) is 5. The van der Waals surface area contributed by atoms with Crippen molar-refractivity contribution in [2.24, 2.45) is 0 Å². The largest absolute Gasteiger partial charge is 0.494 e. The van der Waals surface area contributed by atoms with Crippen molar-refractivity contribution in [2.75, 3.05) is 25.1 Å². The summed E-state index contributed by atoms with van der Waals surface area (Å²) in [5, 5.41) is 11.3. The monoisotopic (exact) mass is 432 g/mol. The number of carbonyl (C=O) groups excluding carboxylic acids is 2. The third kappa shape index (κ3) is 3.26. The number of nitrogens with one attached hydrogen (secondary N) is 1. The Bertz CT molecular complexity index is 1140. The number of ether oxygens (including phenoxy) is 1. The van der Waals surface area contributed by atoms with Gasteiger partial charge in [0.15, 0.2) is 11.9 Å². The molecule has 1 saturated heterocycles. The quantitative estimate of drug-likeness (QED) is 0.643. The molecule has 9 heteroatoms. The third-order valence-electron chi connectivity index (χ3n) is 5.94. The molecular formula is C23H24N6O3. The molecule has 3 heterocycles. The van der Waals surface area contributed by atoms with Gasteiger partial charge in [-0.15, -0.1) is 10.2 Å². The molecule has 0 saturated carbocycles. The number of aromatic nitrogens is 3. The predicted molar refractivity (Wildman–Crippen MR) is 118 cm³/mol. The molecule has 2 aliphatic rings. The smallest absolute Gasteiger partial charge is 0.325 e. The summed E-state index contributed by atoms with van der Waals surface area (Å²) in [4.78, 5) is 28.8. The van der Waals surface area contributed by atoms with E-state index in [0.29, 0.717) is 24.9 Å². The molecule has 1 N–H and O–H groups in total. The maximum atomic E-state index is 12.9. The maximum Gasteiger partial charge on any atom is 0.325 e. The van der Waals surface area contributed by atoms with E-state index in [-0.39, 0.29) is 5.91 Å². The minimum Gasteiger partial charge on any atom is -0.494 e. The van der Waals surface area contributed by atoms with E-state index in [0.717, 1.165) is 23.3 Å². The average molecular weight is 432 g/mol. The number of urea groups is 1. The summed E-state index contributed by atoms with van der Waals surface area (Å²) in [5.74, 6) is 1.63. The van der Waals surface area contributed by atoms with Gasteiger partial charge >= 0.3 is 6.03 Å². The molecule has 1 aromatic heterocycles. The van der Waals surface area contributed by atoms with E-state index < -0.39 is 18.2 Å². The second-order valence-electron chi connectivity index (χ2n) is 7.84. The Kier molecular flexibility index (Phi) is 5.01. The molecule has 5 rings (SSSR count). The predicted octanol–water partition coefficient (Wildman–Crippen LogP) is 2.46. The lowest BCUT2D eigenvalue weighted by atomic mass is 10.1. The molecule has 0 spiro atoms. The number of benzene rings is 2. The van der Waals surface area contributed by atoms with Gasteiger partial charge in [-0.2, -0.15) is 0 Å². The zero-order valence-corrected chi connectivity index (χ0v) is 17.9. The summed E-state index contributed by atoms with van der Waals surface area (Å²) in [5.41, 5.74) is 2.00. The number of hydrogen-bond donors (Lipinski definition) is 1. The van der Waals surface area contributed by atoms with E-state index in [4.69, 9.17) is 4.74 Å². The lowest BCUT2D eigenvalue weighted by molar-refractivity contribution is -0.124. The molecule has 0 radical (unpaired) electrons. The summed E-state index contributed by atoms with van der Waals surface area (Å²) in [6.07, 6.45) is 0.207. The molecular weight excluding hydrogens is 408 g/mol. The molecule has 3 amide bonds. The Morgan fingerprint density at radius 1 is 1.03 bits per heavy atom. The number of fused-ring (bicyclic) bond motifs is 3. The van der Waals surface area contributed by atoms with Crippen molar-refractivity contribution in [3.63, 3.8) is 0 Å². The third-order valence-corrected chi connectivity index (χ3v) is 5.94. The number of anilines is 1. The molecule has 2 aliphatic heterocycles. The lowest BCUT2D eigenvalue weighted by Gasteiger charge is -2.37. The number of imide groups is 1. The molecule has 1 fully saturated rings. The first kappa shape index (κ1) is 20.0. The summed E-state index contributed by atoms with van der Waals surface area (Å²) >= 11 is 0. The van der Waals surface area contributed by atoms with Gasteiger partial charge in [0, 0.05) is 19.2 Å². The van der Waals surface area contributed by atoms with Crippen molar-refractivity contribution in [3.05, 3.63) is 60.2 Å². The van der Waals surface area contributed by atoms with E-state index in [1.807, 2.05) is 58.9 Å². The number of hydrogen-bond acceptors (Lipinski definition) is 6. The summed E-state index contributed by atoms with van der Waals surface area (Å²) in [7, 11) is 1.69. The fraction of sp³-hybridized carbons (Fsp3) is 0.304. The Morgan fingerprint density at radius 2 is 1.78 bits per heavy atom. The highest BCUT2D eigenvalue weighted by Gasteiger charge is 2.52. The van der Waals surface area contributed by atoms with E-state index >= 15 is 0 Å². The molecule has 164 valence electrons. The van der Waals surface area contributed by atoms with Gasteiger partial charge in [-0.25, -0.2) is 4.79 Å². The molecule has 9 nitrogen and oxygen atoms in total. The molecule has 32 heavy (non-hydrogen) atoms. The van der Waals surface area contributed by atoms with Crippen LogP contribution in [0.1, 0.15) is 18.7 Å². The maximum absolute atomic E-state index is 12.9. The minimum atomic E-state index is -0.576. The van der Waals surface area contributed by atoms with Crippen LogP contribution in [-0.4, -0.2) is 57.8 Å². The highest BCUT2D eigenvalue weighted by molar-refractivity contribution is 6.02. The fourth-order valence-corrected chi connectivity index (χ4v) is 4.40. The van der Waals surface area contributed by atoms with Crippen LogP contribution >= 0.6 is 0 Å². The second-order valence-corrected chi connectivity index (χ2v) is 7.84. The van der Waals surface area contributed by atoms with Crippen molar-refractivity contribution in [1.82, 2.24) is 25.0 Å². The van der Waals surface area contributed by atoms with Crippen LogP contribution in [0.25, 0.3) is 11.4 Å². The van der Waals surface area contributed by atoms with Crippen LogP contribution in [0, 0.1) is 0 Å². The Morgan fingerprint density at radius 3 is 2.50 bits per heavy atom. The van der Waals surface area contributed by atoms with Crippen LogP contribution in [0.2, 0.25) is 0 Å². The Labute approximate surface area is 185 Å². The summed E-state index contributed by atoms with van der Waals surface area (Å²) in [6, 6.07) is 16.6. The summed E-state index contributed by atoms with van der Waals surface area (Å²) in [6.45, 7) is 3.09. The standard InChI is InChI=1S/C23H24N6O3/c1-3-32-17-11-9-16(10-12-17)19-25-26-22-28(14-13-15-7-5-4-6-8-15)18-20(30)24-23(31)27(2)21(18)29(19)22/h4-12,18,21H,3,13-14H2,1-2H3,(H,24,30,31). The van der Waals surface area contributed by atoms with Crippen molar-refractivity contribution < 1.29 is 14.3 Å². The Balaban J connectivity index is 1.54. The number of amides is 3. The lowest BCUT2D eigenvalue weighted by Crippen LogP contribution is -2.61. The van der Waals surface area contributed by atoms with E-state index in [1.165, 1.54) is 0 Å². The van der Waals surface area contributed by atoms with Crippen LogP contribution in [0.4, 0.5) is 10.7 Å². The van der Waals surface area contributed by atoms with E-state index in [2.05, 4.69) is 27.6 Å². The van der Waals surface area contributed by atoms with Crippen LogP contribution in [0.15, 0.2) is 54.6 Å². The van der Waals surface area contributed by atoms with Crippen molar-refractivity contribution in [1.29, 1.82) is 0 Å². The van der Waals surface area contributed by atoms with Gasteiger partial charge in [0.05, 0.1) is 6.61 Å². The molecule has 3 aromatic rings. The average Bonchev–Trinajstić information content (AvgIpc) is 3.36. The number of rotatable bonds is 6. The molecule has 2 aromatic carbocycles. The SMILES string of the molecule is CCOc1ccc(-c2nnc3n2C2C(C(=O)NC(=O)N2C)N3CCc2ccccc2)cc1. The van der Waals surface area contributed by atoms with Crippen molar-refractivity contribution in [2.45, 2.75) is 25.6 Å². The normalized spacial score (nSPS) is 19.6. The van der Waals surface area contributed by atoms with Crippen LogP contribution in [0.5, 0.6) is 5.75 Å². The molecule has 2 atom stereocenters. The van der Waals surface area contributed by atoms with Gasteiger partial charge < -0.3 is 14.5 Å². The van der Waals surface area contributed by atoms with Crippen molar-refractivity contribution in [3.8, 4) is 17.1 Å². The first-order valence-corrected chi connectivity index (χ1v) is 10.6. The fourth-order valence-electron chi connectivity index (χ4n) is 4.40. The van der Waals surface area contributed by atoms with Gasteiger partial charge in [-0.05, 0) is 43.2 Å². The van der Waals surface area contributed by atoms with Gasteiger partial charge in [0.1, 0.15) is 11.9 Å². The topological polar surface area (TPSA) is 92.6 Å². The van der Waals surface area contributed by atoms with Crippen LogP contribution in [-0.2, 0) is 11.2 Å². The van der Waals surface area contributed by atoms with Gasteiger partial charge in [0.2, 0.25) is 5.95 Å². The second kappa shape index (κ2) is 7.99. The van der Waals surface area contributed by atoms with Crippen LogP contribution < -0.4 is 15.0 Å². The van der Waals surface area contributed by atoms with Gasteiger partial charge in [-0.1, -0.05) is 30.3 Å². The number of carbonyl (C=O) groups is 2. The first-order chi connectivity index (χ1) is 15.6. The first-order valence-electron chi connectivity index (χ1n) is 10.6. The van der Waals surface area contributed by atoms with Crippen molar-refractivity contribution >= 4 is 17.9 Å². The van der Waals surface area contributed by atoms with E-state index in [1.54, 1.807) is 11.9 Å². The highest BCUT2D eigenvalue weighted by Crippen LogP contribution is 2.40. The minimum absolute atomic E-state index is 0.325. The zero-order valence-electron chi connectivity index (χ0n) is 17.9. The molecule has 0 aliphatic carbocycles. The van der Waals surface area contributed by atoms with E-state index in [9.17, 15) is 9.59 Å². The molecule has 0 bridgehead atoms. The van der Waals surface area contributed by atoms with Crippen LogP contribution in [0.3, 0.4) is 0 Å². The van der Waals surface area contributed by atoms with Gasteiger partial charge in [-0.3, -0.25) is 14.7 Å². The highest BCUT2D eigenvalue weighted by atomic mass is 16.5. The molecule has 2 unspecified atom stereocenters. The Hall–Kier alpha value is -3.88.